The fourth-order valence-electron chi connectivity index (χ4n) is 3.00. The van der Waals surface area contributed by atoms with Crippen LogP contribution >= 0.6 is 0 Å². The molecule has 1 fully saturated rings. The van der Waals surface area contributed by atoms with Gasteiger partial charge in [-0.1, -0.05) is 18.2 Å². The molecule has 1 atom stereocenters. The Morgan fingerprint density at radius 3 is 3.00 bits per heavy atom. The van der Waals surface area contributed by atoms with Crippen molar-refractivity contribution in [1.29, 1.82) is 0 Å². The van der Waals surface area contributed by atoms with Crippen molar-refractivity contribution in [3.8, 4) is 11.1 Å². The van der Waals surface area contributed by atoms with E-state index in [1.165, 1.54) is 0 Å². The molecule has 1 amide bonds. The third-order valence-corrected chi connectivity index (χ3v) is 4.22. The number of aromatic nitrogens is 2. The van der Waals surface area contributed by atoms with E-state index in [0.717, 1.165) is 48.4 Å². The lowest BCUT2D eigenvalue weighted by Crippen LogP contribution is -2.14. The Balaban J connectivity index is 1.85. The Hall–Kier alpha value is -2.18. The summed E-state index contributed by atoms with van der Waals surface area (Å²) in [5.41, 5.74) is 3.60. The van der Waals surface area contributed by atoms with Crippen LogP contribution in [-0.4, -0.2) is 34.4 Å². The Morgan fingerprint density at radius 2 is 2.21 bits per heavy atom. The third-order valence-electron chi connectivity index (χ3n) is 4.22. The zero-order valence-electron chi connectivity index (χ0n) is 13.6. The van der Waals surface area contributed by atoms with Crippen LogP contribution < -0.4 is 5.32 Å². The predicted molar refractivity (Wildman–Crippen MR) is 91.5 cm³/mol. The molecule has 0 spiro atoms. The van der Waals surface area contributed by atoms with Gasteiger partial charge in [0.2, 0.25) is 5.91 Å². The smallest absolute Gasteiger partial charge is 0.224 e. The van der Waals surface area contributed by atoms with Crippen LogP contribution in [0.25, 0.3) is 11.1 Å². The largest absolute Gasteiger partial charge is 0.396 e. The molecule has 1 saturated heterocycles. The number of H-pyrrole nitrogens is 1. The Kier molecular flexibility index (Phi) is 5.61. The molecule has 1 aliphatic rings. The molecule has 2 heterocycles. The summed E-state index contributed by atoms with van der Waals surface area (Å²) in [6, 6.07) is 7.68. The number of ether oxygens (including phenoxy) is 1. The number of carbonyl (C=O) groups is 1. The maximum atomic E-state index is 12.0. The minimum absolute atomic E-state index is 0.0139. The highest BCUT2D eigenvalue weighted by molar-refractivity contribution is 5.95. The molecule has 1 aliphatic heterocycles. The molecular formula is C18H23N3O3. The standard InChI is InChI=1S/C18H23N3O3/c22-10-5-9-17(23)20-15-7-2-1-6-13(15)14-12-19-21-18(14)16-8-3-4-11-24-16/h1-2,6-7,12,16,22H,3-5,8-11H2,(H,19,21)(H,20,23)/t16-/m0/s1. The van der Waals surface area contributed by atoms with Gasteiger partial charge in [0.05, 0.1) is 18.0 Å². The van der Waals surface area contributed by atoms with Gasteiger partial charge in [-0.05, 0) is 31.7 Å². The normalized spacial score (nSPS) is 17.6. The van der Waals surface area contributed by atoms with Crippen LogP contribution in [0.15, 0.2) is 30.5 Å². The summed E-state index contributed by atoms with van der Waals surface area (Å²) in [4.78, 5) is 12.0. The summed E-state index contributed by atoms with van der Waals surface area (Å²) < 4.78 is 5.87. The fraction of sp³-hybridized carbons (Fsp3) is 0.444. The molecule has 0 aliphatic carbocycles. The first-order chi connectivity index (χ1) is 11.8. The van der Waals surface area contributed by atoms with Gasteiger partial charge in [-0.3, -0.25) is 9.89 Å². The number of anilines is 1. The minimum Gasteiger partial charge on any atom is -0.396 e. The van der Waals surface area contributed by atoms with E-state index in [2.05, 4.69) is 15.5 Å². The zero-order valence-corrected chi connectivity index (χ0v) is 13.6. The van der Waals surface area contributed by atoms with Gasteiger partial charge >= 0.3 is 0 Å². The molecule has 24 heavy (non-hydrogen) atoms. The molecule has 1 aromatic heterocycles. The Bertz CT molecular complexity index is 678. The number of amides is 1. The second-order valence-electron chi connectivity index (χ2n) is 5.97. The zero-order chi connectivity index (χ0) is 16.8. The number of rotatable bonds is 6. The van der Waals surface area contributed by atoms with Crippen LogP contribution in [0.1, 0.15) is 43.9 Å². The molecule has 128 valence electrons. The average Bonchev–Trinajstić information content (AvgIpc) is 3.11. The molecule has 0 radical (unpaired) electrons. The predicted octanol–water partition coefficient (Wildman–Crippen LogP) is 3.03. The molecule has 3 N–H and O–H groups in total. The summed E-state index contributed by atoms with van der Waals surface area (Å²) >= 11 is 0. The van der Waals surface area contributed by atoms with Crippen molar-refractivity contribution in [2.75, 3.05) is 18.5 Å². The van der Waals surface area contributed by atoms with E-state index >= 15 is 0 Å². The van der Waals surface area contributed by atoms with Crippen LogP contribution in [0.3, 0.4) is 0 Å². The van der Waals surface area contributed by atoms with E-state index in [0.29, 0.717) is 12.8 Å². The highest BCUT2D eigenvalue weighted by Crippen LogP contribution is 2.36. The van der Waals surface area contributed by atoms with Crippen molar-refractivity contribution in [2.24, 2.45) is 0 Å². The van der Waals surface area contributed by atoms with E-state index in [4.69, 9.17) is 9.84 Å². The highest BCUT2D eigenvalue weighted by Gasteiger charge is 2.23. The number of aliphatic hydroxyl groups excluding tert-OH is 1. The van der Waals surface area contributed by atoms with Crippen molar-refractivity contribution >= 4 is 11.6 Å². The number of para-hydroxylation sites is 1. The first-order valence-electron chi connectivity index (χ1n) is 8.44. The van der Waals surface area contributed by atoms with Gasteiger partial charge in [-0.2, -0.15) is 5.10 Å². The van der Waals surface area contributed by atoms with Gasteiger partial charge in [0.25, 0.3) is 0 Å². The van der Waals surface area contributed by atoms with Gasteiger partial charge in [0.15, 0.2) is 0 Å². The van der Waals surface area contributed by atoms with E-state index < -0.39 is 0 Å². The SMILES string of the molecule is O=C(CCCO)Nc1ccccc1-c1cn[nH]c1[C@@H]1CCCCO1. The molecule has 3 rings (SSSR count). The lowest BCUT2D eigenvalue weighted by molar-refractivity contribution is -0.116. The number of carbonyl (C=O) groups excluding carboxylic acids is 1. The van der Waals surface area contributed by atoms with Crippen LogP contribution in [-0.2, 0) is 9.53 Å². The lowest BCUT2D eigenvalue weighted by atomic mass is 9.98. The first kappa shape index (κ1) is 16.7. The van der Waals surface area contributed by atoms with Crippen LogP contribution in [0.2, 0.25) is 0 Å². The number of aliphatic hydroxyl groups is 1. The number of hydrogen-bond donors (Lipinski definition) is 3. The number of nitrogens with zero attached hydrogens (tertiary/aromatic N) is 1. The minimum atomic E-state index is -0.101. The summed E-state index contributed by atoms with van der Waals surface area (Å²) in [5, 5.41) is 19.1. The highest BCUT2D eigenvalue weighted by atomic mass is 16.5. The molecule has 6 nitrogen and oxygen atoms in total. The lowest BCUT2D eigenvalue weighted by Gasteiger charge is -2.23. The van der Waals surface area contributed by atoms with Crippen molar-refractivity contribution in [3.05, 3.63) is 36.2 Å². The molecule has 1 aromatic carbocycles. The van der Waals surface area contributed by atoms with E-state index in [-0.39, 0.29) is 18.6 Å². The topological polar surface area (TPSA) is 87.2 Å². The molecule has 6 heteroatoms. The summed E-state index contributed by atoms with van der Waals surface area (Å²) in [5.74, 6) is -0.101. The summed E-state index contributed by atoms with van der Waals surface area (Å²) in [7, 11) is 0. The number of benzene rings is 1. The van der Waals surface area contributed by atoms with Gasteiger partial charge in [0.1, 0.15) is 0 Å². The van der Waals surface area contributed by atoms with Crippen molar-refractivity contribution in [1.82, 2.24) is 10.2 Å². The van der Waals surface area contributed by atoms with Gasteiger partial charge in [-0.15, -0.1) is 0 Å². The van der Waals surface area contributed by atoms with Gasteiger partial charge in [-0.25, -0.2) is 0 Å². The number of nitrogens with one attached hydrogen (secondary N) is 2. The Labute approximate surface area is 141 Å². The second kappa shape index (κ2) is 8.08. The van der Waals surface area contributed by atoms with E-state index in [9.17, 15) is 4.79 Å². The maximum absolute atomic E-state index is 12.0. The second-order valence-corrected chi connectivity index (χ2v) is 5.97. The molecule has 2 aromatic rings. The van der Waals surface area contributed by atoms with Crippen molar-refractivity contribution in [2.45, 2.75) is 38.2 Å². The van der Waals surface area contributed by atoms with E-state index in [1.807, 2.05) is 24.3 Å². The fourth-order valence-corrected chi connectivity index (χ4v) is 3.00. The average molecular weight is 329 g/mol. The first-order valence-corrected chi connectivity index (χ1v) is 8.44. The molecule has 0 unspecified atom stereocenters. The summed E-state index contributed by atoms with van der Waals surface area (Å²) in [6.45, 7) is 0.780. The van der Waals surface area contributed by atoms with Crippen molar-refractivity contribution in [3.63, 3.8) is 0 Å². The maximum Gasteiger partial charge on any atom is 0.224 e. The number of hydrogen-bond acceptors (Lipinski definition) is 4. The quantitative estimate of drug-likeness (QED) is 0.760. The summed E-state index contributed by atoms with van der Waals surface area (Å²) in [6.07, 6.45) is 5.77. The number of aromatic amines is 1. The Morgan fingerprint density at radius 1 is 1.33 bits per heavy atom. The third kappa shape index (κ3) is 3.83. The van der Waals surface area contributed by atoms with Crippen LogP contribution in [0.5, 0.6) is 0 Å². The monoisotopic (exact) mass is 329 g/mol. The molecule has 0 bridgehead atoms. The van der Waals surface area contributed by atoms with E-state index in [1.54, 1.807) is 6.20 Å². The van der Waals surface area contributed by atoms with Crippen LogP contribution in [0.4, 0.5) is 5.69 Å². The van der Waals surface area contributed by atoms with Gasteiger partial charge < -0.3 is 15.2 Å². The van der Waals surface area contributed by atoms with Gasteiger partial charge in [0, 0.05) is 36.4 Å². The van der Waals surface area contributed by atoms with Crippen molar-refractivity contribution < 1.29 is 14.6 Å². The molecule has 0 saturated carbocycles. The molecular weight excluding hydrogens is 306 g/mol. The van der Waals surface area contributed by atoms with Crippen LogP contribution in [0, 0.1) is 0 Å².